The third kappa shape index (κ3) is 6.44. The Hall–Kier alpha value is -2.60. The summed E-state index contributed by atoms with van der Waals surface area (Å²) in [5.41, 5.74) is 3.35. The highest BCUT2D eigenvalue weighted by molar-refractivity contribution is 5.91. The first kappa shape index (κ1) is 23.1. The Morgan fingerprint density at radius 1 is 1.10 bits per heavy atom. The third-order valence-electron chi connectivity index (χ3n) is 6.54. The minimum absolute atomic E-state index is 0.333. The SMILES string of the molecule is CCCC1CCC(c2ccc(C(=O)Oc3ccc(CCC(C)C)cc3C#N)cc2)CC1. The second-order valence-electron chi connectivity index (χ2n) is 9.39. The molecule has 1 aliphatic carbocycles. The number of hydrogen-bond donors (Lipinski definition) is 0. The summed E-state index contributed by atoms with van der Waals surface area (Å²) >= 11 is 0. The minimum Gasteiger partial charge on any atom is -0.422 e. The van der Waals surface area contributed by atoms with Crippen molar-refractivity contribution in [2.45, 2.75) is 78.1 Å². The molecule has 0 aliphatic heterocycles. The van der Waals surface area contributed by atoms with Gasteiger partial charge in [-0.2, -0.15) is 5.26 Å². The van der Waals surface area contributed by atoms with Gasteiger partial charge in [-0.3, -0.25) is 0 Å². The number of nitriles is 1. The normalized spacial score (nSPS) is 18.5. The Bertz CT molecular complexity index is 900. The molecule has 1 fully saturated rings. The molecule has 0 spiro atoms. The zero-order chi connectivity index (χ0) is 22.2. The molecule has 0 atom stereocenters. The van der Waals surface area contributed by atoms with Crippen LogP contribution in [0.4, 0.5) is 0 Å². The maximum Gasteiger partial charge on any atom is 0.343 e. The predicted molar refractivity (Wildman–Crippen MR) is 125 cm³/mol. The number of carbonyl (C=O) groups excluding carboxylic acids is 1. The molecule has 0 aromatic heterocycles. The van der Waals surface area contributed by atoms with E-state index in [1.165, 1.54) is 44.1 Å². The average molecular weight is 418 g/mol. The monoisotopic (exact) mass is 417 g/mol. The second kappa shape index (κ2) is 11.1. The summed E-state index contributed by atoms with van der Waals surface area (Å²) in [6.07, 6.45) is 9.71. The minimum atomic E-state index is -0.412. The van der Waals surface area contributed by atoms with Crippen LogP contribution >= 0.6 is 0 Å². The molecule has 0 unspecified atom stereocenters. The van der Waals surface area contributed by atoms with Crippen LogP contribution in [0.3, 0.4) is 0 Å². The Morgan fingerprint density at radius 3 is 2.42 bits per heavy atom. The molecule has 1 saturated carbocycles. The van der Waals surface area contributed by atoms with Gasteiger partial charge in [0.25, 0.3) is 0 Å². The zero-order valence-corrected chi connectivity index (χ0v) is 19.2. The Balaban J connectivity index is 1.61. The summed E-state index contributed by atoms with van der Waals surface area (Å²) in [6.45, 7) is 6.64. The van der Waals surface area contributed by atoms with Crippen molar-refractivity contribution in [1.82, 2.24) is 0 Å². The molecule has 2 aromatic carbocycles. The number of ether oxygens (including phenoxy) is 1. The van der Waals surface area contributed by atoms with Gasteiger partial charge in [0.2, 0.25) is 0 Å². The van der Waals surface area contributed by atoms with Gasteiger partial charge in [0.1, 0.15) is 11.8 Å². The number of carbonyl (C=O) groups is 1. The molecule has 3 rings (SSSR count). The highest BCUT2D eigenvalue weighted by Gasteiger charge is 2.22. The maximum atomic E-state index is 12.7. The predicted octanol–water partition coefficient (Wildman–Crippen LogP) is 7.44. The summed E-state index contributed by atoms with van der Waals surface area (Å²) in [4.78, 5) is 12.7. The van der Waals surface area contributed by atoms with Crippen LogP contribution in [0.25, 0.3) is 0 Å². The van der Waals surface area contributed by atoms with Crippen molar-refractivity contribution in [3.63, 3.8) is 0 Å². The lowest BCUT2D eigenvalue weighted by atomic mass is 9.77. The van der Waals surface area contributed by atoms with Crippen molar-refractivity contribution in [3.05, 3.63) is 64.7 Å². The summed E-state index contributed by atoms with van der Waals surface area (Å²) in [5, 5.41) is 9.50. The van der Waals surface area contributed by atoms with Gasteiger partial charge in [0.05, 0.1) is 11.1 Å². The Labute approximate surface area is 187 Å². The van der Waals surface area contributed by atoms with Crippen LogP contribution in [0.1, 0.15) is 98.7 Å². The summed E-state index contributed by atoms with van der Waals surface area (Å²) in [7, 11) is 0. The number of benzene rings is 2. The number of esters is 1. The van der Waals surface area contributed by atoms with Gasteiger partial charge >= 0.3 is 5.97 Å². The summed E-state index contributed by atoms with van der Waals surface area (Å²) < 4.78 is 5.57. The van der Waals surface area contributed by atoms with E-state index < -0.39 is 5.97 Å². The summed E-state index contributed by atoms with van der Waals surface area (Å²) in [6, 6.07) is 15.6. The number of aryl methyl sites for hydroxylation is 1. The van der Waals surface area contributed by atoms with Gasteiger partial charge < -0.3 is 4.74 Å². The summed E-state index contributed by atoms with van der Waals surface area (Å²) in [5.74, 6) is 2.02. The molecule has 164 valence electrons. The van der Waals surface area contributed by atoms with Crippen LogP contribution in [-0.4, -0.2) is 5.97 Å². The quantitative estimate of drug-likeness (QED) is 0.331. The fourth-order valence-corrected chi connectivity index (χ4v) is 4.61. The molecule has 0 saturated heterocycles. The van der Waals surface area contributed by atoms with Crippen molar-refractivity contribution in [2.24, 2.45) is 11.8 Å². The first-order valence-corrected chi connectivity index (χ1v) is 11.8. The Morgan fingerprint density at radius 2 is 1.81 bits per heavy atom. The van der Waals surface area contributed by atoms with E-state index in [0.29, 0.717) is 28.7 Å². The fourth-order valence-electron chi connectivity index (χ4n) is 4.61. The Kier molecular flexibility index (Phi) is 8.29. The van der Waals surface area contributed by atoms with E-state index in [1.54, 1.807) is 6.07 Å². The number of nitrogens with zero attached hydrogens (tertiary/aromatic N) is 1. The van der Waals surface area contributed by atoms with Crippen LogP contribution in [-0.2, 0) is 6.42 Å². The van der Waals surface area contributed by atoms with E-state index in [-0.39, 0.29) is 0 Å². The number of hydrogen-bond acceptors (Lipinski definition) is 3. The van der Waals surface area contributed by atoms with Crippen molar-refractivity contribution in [2.75, 3.05) is 0 Å². The van der Waals surface area contributed by atoms with Gasteiger partial charge in [-0.25, -0.2) is 4.79 Å². The first-order chi connectivity index (χ1) is 15.0. The molecule has 0 heterocycles. The average Bonchev–Trinajstić information content (AvgIpc) is 2.79. The maximum absolute atomic E-state index is 12.7. The molecular formula is C28H35NO2. The lowest BCUT2D eigenvalue weighted by Crippen LogP contribution is -2.14. The van der Waals surface area contributed by atoms with Crippen molar-refractivity contribution < 1.29 is 9.53 Å². The lowest BCUT2D eigenvalue weighted by Gasteiger charge is -2.28. The van der Waals surface area contributed by atoms with E-state index in [1.807, 2.05) is 24.3 Å². The lowest BCUT2D eigenvalue weighted by molar-refractivity contribution is 0.0734. The fraction of sp³-hybridized carbons (Fsp3) is 0.500. The second-order valence-corrected chi connectivity index (χ2v) is 9.39. The van der Waals surface area contributed by atoms with E-state index >= 15 is 0 Å². The zero-order valence-electron chi connectivity index (χ0n) is 19.2. The molecule has 31 heavy (non-hydrogen) atoms. The van der Waals surface area contributed by atoms with Crippen LogP contribution < -0.4 is 4.74 Å². The van der Waals surface area contributed by atoms with Crippen LogP contribution in [0.5, 0.6) is 5.75 Å². The van der Waals surface area contributed by atoms with Gasteiger partial charge in [-0.15, -0.1) is 0 Å². The molecule has 3 heteroatoms. The van der Waals surface area contributed by atoms with Crippen molar-refractivity contribution in [1.29, 1.82) is 5.26 Å². The van der Waals surface area contributed by atoms with Crippen molar-refractivity contribution in [3.8, 4) is 11.8 Å². The van der Waals surface area contributed by atoms with Gasteiger partial charge in [-0.05, 0) is 91.7 Å². The molecule has 0 bridgehead atoms. The smallest absolute Gasteiger partial charge is 0.343 e. The molecule has 0 radical (unpaired) electrons. The molecule has 0 N–H and O–H groups in total. The third-order valence-corrected chi connectivity index (χ3v) is 6.54. The van der Waals surface area contributed by atoms with Crippen LogP contribution in [0.15, 0.2) is 42.5 Å². The van der Waals surface area contributed by atoms with Crippen molar-refractivity contribution >= 4 is 5.97 Å². The number of rotatable bonds is 8. The van der Waals surface area contributed by atoms with E-state index in [0.717, 1.165) is 24.3 Å². The highest BCUT2D eigenvalue weighted by Crippen LogP contribution is 2.37. The van der Waals surface area contributed by atoms with Crippen LogP contribution in [0.2, 0.25) is 0 Å². The molecule has 1 aliphatic rings. The molecule has 2 aromatic rings. The molecule has 3 nitrogen and oxygen atoms in total. The van der Waals surface area contributed by atoms with Gasteiger partial charge in [0, 0.05) is 0 Å². The topological polar surface area (TPSA) is 50.1 Å². The van der Waals surface area contributed by atoms with E-state index in [2.05, 4.69) is 39.0 Å². The largest absolute Gasteiger partial charge is 0.422 e. The standard InChI is InChI=1S/C28H35NO2/c1-4-5-21-8-11-23(12-9-21)24-13-15-25(16-14-24)28(30)31-27-17-10-22(7-6-20(2)3)18-26(27)19-29/h10,13-18,20-21,23H,4-9,11-12H2,1-3H3. The highest BCUT2D eigenvalue weighted by atomic mass is 16.5. The van der Waals surface area contributed by atoms with E-state index in [9.17, 15) is 10.1 Å². The van der Waals surface area contributed by atoms with Gasteiger partial charge in [-0.1, -0.05) is 51.8 Å². The van der Waals surface area contributed by atoms with Crippen LogP contribution in [0, 0.1) is 23.2 Å². The molecular weight excluding hydrogens is 382 g/mol. The van der Waals surface area contributed by atoms with Gasteiger partial charge in [0.15, 0.2) is 0 Å². The molecule has 0 amide bonds. The van der Waals surface area contributed by atoms with E-state index in [4.69, 9.17) is 4.74 Å². The first-order valence-electron chi connectivity index (χ1n) is 11.8.